The number of carbonyl (C=O) groups is 4. The van der Waals surface area contributed by atoms with E-state index in [-0.39, 0.29) is 90.4 Å². The van der Waals surface area contributed by atoms with E-state index in [0.29, 0.717) is 45.4 Å². The third-order valence-electron chi connectivity index (χ3n) is 27.2. The average Bonchev–Trinajstić information content (AvgIpc) is 0.761. The SMILES string of the molecule is CC(C)C(C)(C)[Si](C)(C)O[C@@H]1OC2COC(c3ccccc3)O[C@H]2[C@H](C)C1NC(=O)OCC(Cl)(Cl)Cl.CC1C(OC(=N)C(Cl)(Cl)Cl)OC2COC(c3ccccc3)O[C@H]2[C@@H]1C.CCC1O[C@@H](OCc2ccccc2)C(NC(=O)OCC(Cl)(Cl)Cl)[C@@H](C)[C@@H]1O.C[C@@H]1C(NC(=O)OCC(Cl)(Cl)Cl)C(O)OC2COC(c3ccccc3)O[C@H]21.C[C@@H]1C(NC(=O)OCC(Cl)(Cl)Cl)[C@H](OCc2ccccc2)OC2COC(c3ccccc3)O[C@H]21. The fourth-order valence-electron chi connectivity index (χ4n) is 17.6. The van der Waals surface area contributed by atoms with Crippen LogP contribution in [-0.2, 0) is 112 Å². The number of alkyl carbamates (subject to hydrolysis) is 4. The molecular formula is C101H128Cl15N5O27Si. The fraction of sp³-hybridized carbons (Fsp3) is 0.594. The Kier molecular flexibility index (Phi) is 47.7. The minimum atomic E-state index is -2.34. The van der Waals surface area contributed by atoms with Crippen molar-refractivity contribution in [3.05, 3.63) is 215 Å². The van der Waals surface area contributed by atoms with Gasteiger partial charge in [-0.3, -0.25) is 5.41 Å². The Labute approximate surface area is 944 Å². The first-order chi connectivity index (χ1) is 70.1. The van der Waals surface area contributed by atoms with E-state index in [4.69, 9.17) is 279 Å². The highest BCUT2D eigenvalue weighted by Gasteiger charge is 2.57. The predicted octanol–water partition coefficient (Wildman–Crippen LogP) is 22.9. The Morgan fingerprint density at radius 1 is 0.383 bits per heavy atom. The summed E-state index contributed by atoms with van der Waals surface area (Å²) in [5.74, 6) is -1.00. The number of fused-ring (bicyclic) bond motifs is 4. The average molecular weight is 2400 g/mol. The number of alkyl halides is 15. The highest BCUT2D eigenvalue weighted by atomic mass is 35.6. The van der Waals surface area contributed by atoms with Gasteiger partial charge in [-0.25, -0.2) is 19.2 Å². The maximum Gasteiger partial charge on any atom is 0.407 e. The number of halogens is 15. The summed E-state index contributed by atoms with van der Waals surface area (Å²) >= 11 is 84.9. The number of carbonyl (C=O) groups excluding carboxylic acids is 4. The zero-order valence-corrected chi connectivity index (χ0v) is 96.0. The molecule has 0 aliphatic carbocycles. The molecule has 6 aromatic rings. The van der Waals surface area contributed by atoms with Crippen molar-refractivity contribution in [3.63, 3.8) is 0 Å². The van der Waals surface area contributed by atoms with Gasteiger partial charge in [0.25, 0.3) is 3.79 Å². The maximum absolute atomic E-state index is 12.7. The molecule has 0 saturated carbocycles. The molecule has 9 aliphatic rings. The van der Waals surface area contributed by atoms with Gasteiger partial charge in [0.1, 0.15) is 50.8 Å². The number of aliphatic hydroxyl groups is 2. The lowest BCUT2D eigenvalue weighted by Gasteiger charge is -2.52. The summed E-state index contributed by atoms with van der Waals surface area (Å²) in [6.07, 6.45) is -12.5. The van der Waals surface area contributed by atoms with E-state index in [9.17, 15) is 29.4 Å². The number of amides is 4. The Balaban J connectivity index is 0.000000178. The molecule has 9 fully saturated rings. The summed E-state index contributed by atoms with van der Waals surface area (Å²) in [6, 6.07) is 55.4. The standard InChI is InChI=1S/C25H38Cl3NO6Si.C24H26Cl3NO6.C18H24Cl3NO5.C17H20Cl3NO6.C17H20Cl3NO4/c1-15(2)24(4,5)36(6,7)35-22-19(29-23(30)32-14-25(26,27)28)16(3)20-18(33-22)13-31-21(34-20)17-11-9-8-10-12-17;1-15-19(28-23(29)32-14-24(25,26)27)22(30-12-16-8-4-2-5-9-16)33-18-13-31-21(34-20(15)18)17-10-6-3-7-11-17;1-3-13-15(23)11(2)14(22-17(24)26-10-18(19,20)21)16(27-13)25-9-12-7-5-4-6-8-12;1-9-12(21-16(23)25-8-17(18,19)20)14(22)26-11-7-24-15(27-13(9)11)10-5-3-2-4-6-10;1-9-10(2)14(25-16(21)17(18,19)20)23-12-8-22-15(24-13(9)12)11-6-4-3-5-7-11/h8-12,15-16,18-22H,13-14H2,1-7H3,(H,29,30);2-11,15,18-22H,12-14H2,1H3,(H,28,29);4-8,11,13-16,23H,3,9-10H2,1-2H3,(H,22,24);2-6,9,11-15,22H,7-8H2,1H3,(H,21,23);3-7,9-10,12-15,21H,8H2,1-2H3/t16-,18?,19?,20+,21?,22+;15-,18?,19?,20+,21?,22-;11-,13?,14?,15+,16-;9-,11?,12?,13+,14?,15?;9-,10?,12?,13+,14?,15?/m11111/s1. The van der Waals surface area contributed by atoms with Gasteiger partial charge >= 0.3 is 24.4 Å². The Hall–Kier alpha value is -4.28. The molecule has 32 nitrogen and oxygen atoms in total. The van der Waals surface area contributed by atoms with Gasteiger partial charge in [0, 0.05) is 51.8 Å². The van der Waals surface area contributed by atoms with Crippen LogP contribution in [0.5, 0.6) is 0 Å². The molecule has 4 amide bonds. The van der Waals surface area contributed by atoms with Gasteiger partial charge in [0.15, 0.2) is 58.6 Å². The Morgan fingerprint density at radius 2 is 0.664 bits per heavy atom. The quantitative estimate of drug-likeness (QED) is 0.00973. The molecule has 0 radical (unpaired) electrons. The van der Waals surface area contributed by atoms with Crippen molar-refractivity contribution in [2.24, 2.45) is 41.4 Å². The summed E-state index contributed by atoms with van der Waals surface area (Å²) < 4.78 is 114. The predicted molar refractivity (Wildman–Crippen MR) is 570 cm³/mol. The fourth-order valence-corrected chi connectivity index (χ4v) is 20.8. The van der Waals surface area contributed by atoms with Gasteiger partial charge in [-0.2, -0.15) is 0 Å². The molecule has 48 heteroatoms. The molecule has 7 N–H and O–H groups in total. The third kappa shape index (κ3) is 37.4. The minimum absolute atomic E-state index is 0.0523. The van der Waals surface area contributed by atoms with Crippen molar-refractivity contribution in [2.45, 2.75) is 275 Å². The summed E-state index contributed by atoms with van der Waals surface area (Å²) in [7, 11) is -2.34. The summed E-state index contributed by atoms with van der Waals surface area (Å²) in [6.45, 7) is 27.0. The number of ether oxygens (including phenoxy) is 20. The lowest BCUT2D eigenvalue weighted by Crippen LogP contribution is -2.65. The normalized spacial score (nSPS) is 31.1. The number of hydrogen-bond donors (Lipinski definition) is 7. The summed E-state index contributed by atoms with van der Waals surface area (Å²) in [4.78, 5) is 49.2. The van der Waals surface area contributed by atoms with Crippen molar-refractivity contribution < 1.29 is 129 Å². The first-order valence-corrected chi connectivity index (χ1v) is 57.0. The number of hydrogen-bond acceptors (Lipinski definition) is 28. The lowest BCUT2D eigenvalue weighted by atomic mass is 9.84. The van der Waals surface area contributed by atoms with Crippen LogP contribution in [0.25, 0.3) is 0 Å². The van der Waals surface area contributed by atoms with Gasteiger partial charge in [0.05, 0.1) is 100 Å². The molecule has 9 heterocycles. The van der Waals surface area contributed by atoms with Crippen LogP contribution < -0.4 is 21.3 Å². The van der Waals surface area contributed by atoms with Crippen LogP contribution in [0.1, 0.15) is 141 Å². The van der Waals surface area contributed by atoms with E-state index in [1.807, 2.05) is 224 Å². The highest BCUT2D eigenvalue weighted by molar-refractivity contribution is 6.76. The van der Waals surface area contributed by atoms with E-state index in [1.165, 1.54) is 0 Å². The summed E-state index contributed by atoms with van der Waals surface area (Å²) in [5.41, 5.74) is 5.60. The van der Waals surface area contributed by atoms with Crippen molar-refractivity contribution in [1.82, 2.24) is 21.3 Å². The molecule has 0 bridgehead atoms. The van der Waals surface area contributed by atoms with Crippen molar-refractivity contribution in [2.75, 3.05) is 52.9 Å². The topological polar surface area (TPSA) is 375 Å². The number of nitrogens with one attached hydrogen (secondary N) is 5. The van der Waals surface area contributed by atoms with Crippen molar-refractivity contribution >= 4 is 213 Å². The molecule has 149 heavy (non-hydrogen) atoms. The second-order valence-corrected chi connectivity index (χ2v) is 55.4. The van der Waals surface area contributed by atoms with Gasteiger partial charge in [0.2, 0.25) is 27.4 Å². The smallest absolute Gasteiger partial charge is 0.407 e. The molecule has 16 unspecified atom stereocenters. The van der Waals surface area contributed by atoms with E-state index < -0.39 is 183 Å². The molecule has 29 atom stereocenters. The lowest BCUT2D eigenvalue weighted by molar-refractivity contribution is -0.336. The summed E-state index contributed by atoms with van der Waals surface area (Å²) in [5, 5.41) is 39.3. The van der Waals surface area contributed by atoms with Gasteiger partial charge in [-0.1, -0.05) is 432 Å². The van der Waals surface area contributed by atoms with Crippen LogP contribution in [0.4, 0.5) is 19.2 Å². The second kappa shape index (κ2) is 56.9. The first-order valence-electron chi connectivity index (χ1n) is 48.4. The van der Waals surface area contributed by atoms with Crippen molar-refractivity contribution in [1.29, 1.82) is 5.41 Å². The molecule has 6 aromatic carbocycles. The molecule has 0 spiro atoms. The van der Waals surface area contributed by atoms with Gasteiger partial charge < -0.3 is 131 Å². The highest BCUT2D eigenvalue weighted by Crippen LogP contribution is 2.49. The molecule has 9 saturated heterocycles. The molecule has 828 valence electrons. The minimum Gasteiger partial charge on any atom is -0.448 e. The molecule has 15 rings (SSSR count). The van der Waals surface area contributed by atoms with Crippen LogP contribution in [0.3, 0.4) is 0 Å². The molecule has 9 aliphatic heterocycles. The van der Waals surface area contributed by atoms with Crippen LogP contribution in [-0.4, -0.2) is 237 Å². The van der Waals surface area contributed by atoms with Crippen molar-refractivity contribution in [3.8, 4) is 0 Å². The zero-order valence-electron chi connectivity index (χ0n) is 83.7. The second-order valence-electron chi connectivity index (χ2n) is 38.5. The van der Waals surface area contributed by atoms with Gasteiger partial charge in [-0.05, 0) is 47.5 Å². The van der Waals surface area contributed by atoms with Crippen LogP contribution in [0.15, 0.2) is 182 Å². The van der Waals surface area contributed by atoms with Crippen LogP contribution in [0.2, 0.25) is 18.1 Å². The van der Waals surface area contributed by atoms with Crippen LogP contribution in [0, 0.1) is 46.8 Å². The Morgan fingerprint density at radius 3 is 0.987 bits per heavy atom. The zero-order chi connectivity index (χ0) is 109. The van der Waals surface area contributed by atoms with Gasteiger partial charge in [-0.15, -0.1) is 0 Å². The van der Waals surface area contributed by atoms with E-state index in [0.717, 1.165) is 33.4 Å². The molecular weight excluding hydrogens is 2270 g/mol. The monoisotopic (exact) mass is 2400 g/mol. The number of benzene rings is 6. The number of aliphatic hydroxyl groups excluding tert-OH is 2. The largest absolute Gasteiger partial charge is 0.448 e. The molecule has 0 aromatic heterocycles. The van der Waals surface area contributed by atoms with E-state index in [1.54, 1.807) is 0 Å². The van der Waals surface area contributed by atoms with E-state index >= 15 is 0 Å². The number of rotatable bonds is 24. The third-order valence-corrected chi connectivity index (χ3v) is 33.5. The maximum atomic E-state index is 12.7. The van der Waals surface area contributed by atoms with Crippen LogP contribution >= 0.6 is 174 Å². The Bertz CT molecular complexity index is 5090. The first kappa shape index (κ1) is 125. The van der Waals surface area contributed by atoms with E-state index in [2.05, 4.69) is 69.0 Å².